The number of aromatic nitrogens is 2. The van der Waals surface area contributed by atoms with Crippen molar-refractivity contribution in [2.45, 2.75) is 52.2 Å². The van der Waals surface area contributed by atoms with E-state index < -0.39 is 12.4 Å². The highest BCUT2D eigenvalue weighted by molar-refractivity contribution is 6.05. The van der Waals surface area contributed by atoms with Crippen LogP contribution in [0.3, 0.4) is 0 Å². The van der Waals surface area contributed by atoms with E-state index >= 15 is 0 Å². The van der Waals surface area contributed by atoms with E-state index in [0.717, 1.165) is 23.1 Å². The minimum atomic E-state index is -0.590. The molecule has 3 aromatic carbocycles. The average Bonchev–Trinajstić information content (AvgIpc) is 3.50. The maximum absolute atomic E-state index is 13.1. The highest BCUT2D eigenvalue weighted by Crippen LogP contribution is 2.29. The molecule has 1 atom stereocenters. The molecule has 4 aromatic rings. The molecule has 1 unspecified atom stereocenters. The van der Waals surface area contributed by atoms with Gasteiger partial charge in [-0.15, -0.1) is 0 Å². The van der Waals surface area contributed by atoms with Gasteiger partial charge in [-0.05, 0) is 72.4 Å². The Kier molecular flexibility index (Phi) is 8.82. The summed E-state index contributed by atoms with van der Waals surface area (Å²) in [5, 5.41) is 8.78. The van der Waals surface area contributed by atoms with E-state index in [2.05, 4.69) is 41.7 Å². The third-order valence-corrected chi connectivity index (χ3v) is 7.46. The molecule has 5 rings (SSSR count). The molecule has 10 heteroatoms. The second-order valence-electron chi connectivity index (χ2n) is 11.8. The van der Waals surface area contributed by atoms with Gasteiger partial charge >= 0.3 is 6.09 Å². The molecule has 0 aliphatic carbocycles. The van der Waals surface area contributed by atoms with Gasteiger partial charge in [0.2, 0.25) is 6.29 Å². The summed E-state index contributed by atoms with van der Waals surface area (Å²) in [5.41, 5.74) is 5.35. The molecular formula is C34H37N5O5. The van der Waals surface area contributed by atoms with Crippen molar-refractivity contribution in [2.75, 3.05) is 22.6 Å². The maximum atomic E-state index is 13.1. The van der Waals surface area contributed by atoms with Gasteiger partial charge in [-0.3, -0.25) is 14.9 Å². The zero-order chi connectivity index (χ0) is 31.4. The normalized spacial score (nSPS) is 14.6. The predicted octanol–water partition coefficient (Wildman–Crippen LogP) is 6.73. The Morgan fingerprint density at radius 3 is 2.34 bits per heavy atom. The summed E-state index contributed by atoms with van der Waals surface area (Å²) in [6.45, 7) is 8.89. The molecule has 3 N–H and O–H groups in total. The quantitative estimate of drug-likeness (QED) is 0.216. The van der Waals surface area contributed by atoms with Crippen LogP contribution in [0, 0.1) is 6.92 Å². The minimum absolute atomic E-state index is 0.00265. The topological polar surface area (TPSA) is 124 Å². The largest absolute Gasteiger partial charge is 0.419 e. The van der Waals surface area contributed by atoms with Gasteiger partial charge in [0.15, 0.2) is 5.82 Å². The Morgan fingerprint density at radius 2 is 1.68 bits per heavy atom. The Labute approximate surface area is 256 Å². The molecule has 1 fully saturated rings. The van der Waals surface area contributed by atoms with Crippen molar-refractivity contribution < 1.29 is 19.1 Å². The maximum Gasteiger partial charge on any atom is 0.413 e. The molecule has 1 aliphatic heterocycles. The Hall–Kier alpha value is -4.96. The molecule has 2 heterocycles. The summed E-state index contributed by atoms with van der Waals surface area (Å²) in [6.07, 6.45) is 2.10. The van der Waals surface area contributed by atoms with Crippen molar-refractivity contribution in [1.29, 1.82) is 0 Å². The molecule has 0 bridgehead atoms. The first kappa shape index (κ1) is 30.5. The molecule has 10 nitrogen and oxygen atoms in total. The lowest BCUT2D eigenvalue weighted by Gasteiger charge is -2.19. The summed E-state index contributed by atoms with van der Waals surface area (Å²) in [5.74, 6) is -0.0733. The molecular weight excluding hydrogens is 558 g/mol. The highest BCUT2D eigenvalue weighted by Gasteiger charge is 2.20. The Morgan fingerprint density at radius 1 is 0.977 bits per heavy atom. The van der Waals surface area contributed by atoms with Gasteiger partial charge in [-0.25, -0.2) is 9.78 Å². The van der Waals surface area contributed by atoms with Crippen molar-refractivity contribution in [2.24, 2.45) is 7.05 Å². The third-order valence-electron chi connectivity index (χ3n) is 7.46. The van der Waals surface area contributed by atoms with Gasteiger partial charge < -0.3 is 24.7 Å². The van der Waals surface area contributed by atoms with Crippen molar-refractivity contribution in [3.63, 3.8) is 0 Å². The van der Waals surface area contributed by atoms with Crippen LogP contribution in [-0.2, 0) is 21.9 Å². The number of ether oxygens (including phenoxy) is 2. The lowest BCUT2D eigenvalue weighted by atomic mass is 9.86. The lowest BCUT2D eigenvalue weighted by Crippen LogP contribution is -2.22. The minimum Gasteiger partial charge on any atom is -0.419 e. The number of hydrogen-bond donors (Lipinski definition) is 3. The van der Waals surface area contributed by atoms with E-state index in [4.69, 9.17) is 9.47 Å². The van der Waals surface area contributed by atoms with Crippen LogP contribution in [-0.4, -0.2) is 34.4 Å². The fourth-order valence-electron chi connectivity index (χ4n) is 4.86. The summed E-state index contributed by atoms with van der Waals surface area (Å²) < 4.78 is 12.0. The number of anilines is 4. The number of carbonyl (C=O) groups excluding carboxylic acids is 2. The van der Waals surface area contributed by atoms with Crippen LogP contribution in [0.1, 0.15) is 55.1 Å². The van der Waals surface area contributed by atoms with E-state index in [1.54, 1.807) is 37.5 Å². The van der Waals surface area contributed by atoms with Gasteiger partial charge in [0.25, 0.3) is 11.5 Å². The standard InChI is InChI=1S/C34H37N5O5/c1-21-26(8-6-9-27(21)38-31(40)22-11-13-23(14-12-22)34(2,3)4)28-20-39(5)32(41)30(37-28)35-24-15-17-25(18-16-24)36-33(42)44-29-10-7-19-43-29/h6,8-9,11-18,20,29H,7,10,19H2,1-5H3,(H,35,37)(H,36,42)(H,38,40). The fraction of sp³-hybridized carbons (Fsp3) is 0.294. The number of carbonyl (C=O) groups is 2. The molecule has 2 amide bonds. The molecule has 0 radical (unpaired) electrons. The SMILES string of the molecule is Cc1c(NC(=O)c2ccc(C(C)(C)C)cc2)cccc1-c1cn(C)c(=O)c(Nc2ccc(NC(=O)OC3CCCO3)cc2)n1. The zero-order valence-corrected chi connectivity index (χ0v) is 25.6. The van der Waals surface area contributed by atoms with E-state index in [0.29, 0.717) is 41.3 Å². The van der Waals surface area contributed by atoms with Crippen LogP contribution in [0.4, 0.5) is 27.7 Å². The monoisotopic (exact) mass is 595 g/mol. The van der Waals surface area contributed by atoms with Gasteiger partial charge in [-0.2, -0.15) is 0 Å². The van der Waals surface area contributed by atoms with Crippen molar-refractivity contribution in [1.82, 2.24) is 9.55 Å². The van der Waals surface area contributed by atoms with E-state index in [9.17, 15) is 14.4 Å². The summed E-state index contributed by atoms with van der Waals surface area (Å²) in [6, 6.07) is 20.1. The first-order valence-corrected chi connectivity index (χ1v) is 14.5. The first-order valence-electron chi connectivity index (χ1n) is 14.5. The second-order valence-corrected chi connectivity index (χ2v) is 11.8. The number of nitrogens with one attached hydrogen (secondary N) is 3. The van der Waals surface area contributed by atoms with Crippen LogP contribution in [0.2, 0.25) is 0 Å². The van der Waals surface area contributed by atoms with E-state index in [1.165, 1.54) is 4.57 Å². The fourth-order valence-corrected chi connectivity index (χ4v) is 4.86. The summed E-state index contributed by atoms with van der Waals surface area (Å²) in [4.78, 5) is 42.8. The van der Waals surface area contributed by atoms with Gasteiger partial charge in [0, 0.05) is 47.9 Å². The Bertz CT molecular complexity index is 1720. The third kappa shape index (κ3) is 7.15. The molecule has 1 aromatic heterocycles. The first-order chi connectivity index (χ1) is 21.0. The zero-order valence-electron chi connectivity index (χ0n) is 25.6. The summed E-state index contributed by atoms with van der Waals surface area (Å²) >= 11 is 0. The average molecular weight is 596 g/mol. The number of hydrogen-bond acceptors (Lipinski definition) is 7. The molecule has 0 spiro atoms. The van der Waals surface area contributed by atoms with Crippen molar-refractivity contribution in [3.05, 3.63) is 100.0 Å². The molecule has 1 aliphatic rings. The van der Waals surface area contributed by atoms with Gasteiger partial charge in [0.1, 0.15) is 0 Å². The molecule has 228 valence electrons. The van der Waals surface area contributed by atoms with Gasteiger partial charge in [0.05, 0.1) is 12.3 Å². The van der Waals surface area contributed by atoms with Crippen molar-refractivity contribution in [3.8, 4) is 11.3 Å². The number of benzene rings is 3. The number of amides is 2. The Balaban J connectivity index is 1.31. The van der Waals surface area contributed by atoms with E-state index in [1.807, 2.05) is 49.4 Å². The highest BCUT2D eigenvalue weighted by atomic mass is 16.7. The van der Waals surface area contributed by atoms with Crippen molar-refractivity contribution >= 4 is 34.9 Å². The number of aryl methyl sites for hydroxylation is 1. The van der Waals surface area contributed by atoms with Gasteiger partial charge in [-0.1, -0.05) is 45.0 Å². The number of rotatable bonds is 7. The molecule has 44 heavy (non-hydrogen) atoms. The second kappa shape index (κ2) is 12.7. The predicted molar refractivity (Wildman–Crippen MR) is 172 cm³/mol. The van der Waals surface area contributed by atoms with Crippen LogP contribution < -0.4 is 21.5 Å². The lowest BCUT2D eigenvalue weighted by molar-refractivity contribution is -0.0633. The molecule has 0 saturated carbocycles. The van der Waals surface area contributed by atoms with Crippen LogP contribution >= 0.6 is 0 Å². The number of nitrogens with zero attached hydrogens (tertiary/aromatic N) is 2. The summed E-state index contributed by atoms with van der Waals surface area (Å²) in [7, 11) is 1.66. The van der Waals surface area contributed by atoms with Crippen LogP contribution in [0.15, 0.2) is 77.7 Å². The molecule has 1 saturated heterocycles. The van der Waals surface area contributed by atoms with Crippen LogP contribution in [0.5, 0.6) is 0 Å². The van der Waals surface area contributed by atoms with Crippen LogP contribution in [0.25, 0.3) is 11.3 Å². The smallest absolute Gasteiger partial charge is 0.413 e. The van der Waals surface area contributed by atoms with E-state index in [-0.39, 0.29) is 22.7 Å².